The normalized spacial score (nSPS) is 10.6. The number of hydrogen-bond donors (Lipinski definition) is 1. The molecule has 0 saturated carbocycles. The number of rotatable bonds is 4. The van der Waals surface area contributed by atoms with Crippen LogP contribution in [0.2, 0.25) is 0 Å². The minimum Gasteiger partial charge on any atom is -0.481 e. The molecule has 0 unspecified atom stereocenters. The fourth-order valence-electron chi connectivity index (χ4n) is 1.68. The zero-order chi connectivity index (χ0) is 14.0. The summed E-state index contributed by atoms with van der Waals surface area (Å²) in [6, 6.07) is 5.13. The Hall–Kier alpha value is -2.37. The topological polar surface area (TPSA) is 83.6 Å². The molecule has 0 aliphatic heterocycles. The van der Waals surface area contributed by atoms with Crippen molar-refractivity contribution < 1.29 is 19.1 Å². The number of fused-ring (bicyclic) bond motifs is 1. The van der Waals surface area contributed by atoms with Gasteiger partial charge in [-0.2, -0.15) is 0 Å². The molecule has 0 spiro atoms. The zero-order valence-corrected chi connectivity index (χ0v) is 10.7. The Morgan fingerprint density at radius 1 is 1.42 bits per heavy atom. The lowest BCUT2D eigenvalue weighted by molar-refractivity contribution is -0.137. The van der Waals surface area contributed by atoms with E-state index in [9.17, 15) is 9.59 Å². The summed E-state index contributed by atoms with van der Waals surface area (Å²) in [6.45, 7) is 1.99. The van der Waals surface area contributed by atoms with E-state index in [1.54, 1.807) is 18.2 Å². The van der Waals surface area contributed by atoms with Crippen LogP contribution in [0.1, 0.15) is 22.7 Å². The zero-order valence-electron chi connectivity index (χ0n) is 10.7. The van der Waals surface area contributed by atoms with Crippen molar-refractivity contribution >= 4 is 23.0 Å². The lowest BCUT2D eigenvalue weighted by Gasteiger charge is -2.13. The SMILES string of the molecule is Cc1ccc2oc(C(=O)N(C)CCC(=O)O)cc2n1. The average molecular weight is 262 g/mol. The summed E-state index contributed by atoms with van der Waals surface area (Å²) in [4.78, 5) is 28.1. The molecule has 0 aliphatic rings. The number of aliphatic carboxylic acids is 1. The maximum atomic E-state index is 12.0. The van der Waals surface area contributed by atoms with Gasteiger partial charge < -0.3 is 14.4 Å². The molecule has 6 heteroatoms. The first kappa shape index (κ1) is 13.1. The summed E-state index contributed by atoms with van der Waals surface area (Å²) in [7, 11) is 1.54. The molecule has 0 saturated heterocycles. The largest absolute Gasteiger partial charge is 0.481 e. The minimum atomic E-state index is -0.943. The molecule has 0 radical (unpaired) electrons. The Morgan fingerprint density at radius 3 is 2.84 bits per heavy atom. The first-order valence-electron chi connectivity index (χ1n) is 5.82. The summed E-state index contributed by atoms with van der Waals surface area (Å²) in [5.41, 5.74) is 2.00. The Bertz CT molecular complexity index is 633. The number of carbonyl (C=O) groups excluding carboxylic acids is 1. The molecule has 0 atom stereocenters. The third-order valence-corrected chi connectivity index (χ3v) is 2.73. The van der Waals surface area contributed by atoms with Crippen LogP contribution in [0.5, 0.6) is 0 Å². The van der Waals surface area contributed by atoms with Crippen LogP contribution in [0.4, 0.5) is 0 Å². The predicted molar refractivity (Wildman–Crippen MR) is 68.0 cm³/mol. The molecule has 1 amide bonds. The van der Waals surface area contributed by atoms with E-state index in [1.807, 2.05) is 6.92 Å². The van der Waals surface area contributed by atoms with Crippen LogP contribution in [0, 0.1) is 6.92 Å². The molecular formula is C13H14N2O4. The van der Waals surface area contributed by atoms with Gasteiger partial charge >= 0.3 is 5.97 Å². The Kier molecular flexibility index (Phi) is 3.50. The van der Waals surface area contributed by atoms with Gasteiger partial charge in [0.25, 0.3) is 5.91 Å². The third-order valence-electron chi connectivity index (χ3n) is 2.73. The number of aromatic nitrogens is 1. The van der Waals surface area contributed by atoms with Crippen molar-refractivity contribution in [2.24, 2.45) is 0 Å². The molecule has 0 bridgehead atoms. The molecule has 19 heavy (non-hydrogen) atoms. The molecule has 2 rings (SSSR count). The number of nitrogens with zero attached hydrogens (tertiary/aromatic N) is 2. The molecule has 0 aliphatic carbocycles. The van der Waals surface area contributed by atoms with E-state index in [0.29, 0.717) is 11.1 Å². The van der Waals surface area contributed by atoms with Crippen molar-refractivity contribution in [1.82, 2.24) is 9.88 Å². The number of carboxylic acid groups (broad SMARTS) is 1. The third kappa shape index (κ3) is 2.90. The monoisotopic (exact) mass is 262 g/mol. The highest BCUT2D eigenvalue weighted by molar-refractivity contribution is 5.95. The summed E-state index contributed by atoms with van der Waals surface area (Å²) < 4.78 is 5.41. The summed E-state index contributed by atoms with van der Waals surface area (Å²) in [6.07, 6.45) is -0.0974. The number of furan rings is 1. The van der Waals surface area contributed by atoms with Crippen LogP contribution in [-0.2, 0) is 4.79 Å². The molecule has 6 nitrogen and oxygen atoms in total. The Balaban J connectivity index is 2.19. The number of pyridine rings is 1. The lowest BCUT2D eigenvalue weighted by atomic mass is 10.3. The molecule has 2 aromatic heterocycles. The van der Waals surface area contributed by atoms with E-state index in [1.165, 1.54) is 11.9 Å². The van der Waals surface area contributed by atoms with Gasteiger partial charge in [0.15, 0.2) is 11.3 Å². The smallest absolute Gasteiger partial charge is 0.305 e. The van der Waals surface area contributed by atoms with E-state index in [2.05, 4.69) is 4.98 Å². The van der Waals surface area contributed by atoms with E-state index >= 15 is 0 Å². The lowest BCUT2D eigenvalue weighted by Crippen LogP contribution is -2.28. The van der Waals surface area contributed by atoms with Crippen molar-refractivity contribution in [3.05, 3.63) is 29.7 Å². The standard InChI is InChI=1S/C13H14N2O4/c1-8-3-4-10-9(14-8)7-11(19-10)13(18)15(2)6-5-12(16)17/h3-4,7H,5-6H2,1-2H3,(H,16,17). The molecular weight excluding hydrogens is 248 g/mol. The summed E-state index contributed by atoms with van der Waals surface area (Å²) >= 11 is 0. The fraction of sp³-hybridized carbons (Fsp3) is 0.308. The number of amides is 1. The second kappa shape index (κ2) is 5.09. The van der Waals surface area contributed by atoms with Crippen LogP contribution in [0.15, 0.2) is 22.6 Å². The van der Waals surface area contributed by atoms with Crippen LogP contribution < -0.4 is 0 Å². The molecule has 1 N–H and O–H groups in total. The molecule has 2 heterocycles. The fourth-order valence-corrected chi connectivity index (χ4v) is 1.68. The summed E-state index contributed by atoms with van der Waals surface area (Å²) in [5.74, 6) is -1.13. The van der Waals surface area contributed by atoms with E-state index < -0.39 is 5.97 Å². The van der Waals surface area contributed by atoms with Crippen LogP contribution in [0.3, 0.4) is 0 Å². The van der Waals surface area contributed by atoms with Gasteiger partial charge in [0.2, 0.25) is 0 Å². The first-order chi connectivity index (χ1) is 8.97. The van der Waals surface area contributed by atoms with E-state index in [-0.39, 0.29) is 24.6 Å². The number of carbonyl (C=O) groups is 2. The first-order valence-corrected chi connectivity index (χ1v) is 5.82. The molecule has 0 fully saturated rings. The van der Waals surface area contributed by atoms with Gasteiger partial charge in [-0.15, -0.1) is 0 Å². The van der Waals surface area contributed by atoms with Crippen LogP contribution >= 0.6 is 0 Å². The van der Waals surface area contributed by atoms with Crippen molar-refractivity contribution in [2.75, 3.05) is 13.6 Å². The highest BCUT2D eigenvalue weighted by Gasteiger charge is 2.17. The molecule has 100 valence electrons. The Morgan fingerprint density at radius 2 is 2.16 bits per heavy atom. The van der Waals surface area contributed by atoms with Gasteiger partial charge in [-0.3, -0.25) is 9.59 Å². The van der Waals surface area contributed by atoms with Gasteiger partial charge in [-0.25, -0.2) is 4.98 Å². The highest BCUT2D eigenvalue weighted by Crippen LogP contribution is 2.18. The van der Waals surface area contributed by atoms with Crippen molar-refractivity contribution in [2.45, 2.75) is 13.3 Å². The maximum Gasteiger partial charge on any atom is 0.305 e. The van der Waals surface area contributed by atoms with Gasteiger partial charge in [0, 0.05) is 25.4 Å². The minimum absolute atomic E-state index is 0.0974. The Labute approximate surface area is 109 Å². The predicted octanol–water partition coefficient (Wildman–Crippen LogP) is 1.68. The number of hydrogen-bond acceptors (Lipinski definition) is 4. The number of aryl methyl sites for hydroxylation is 1. The molecule has 0 aromatic carbocycles. The van der Waals surface area contributed by atoms with Gasteiger partial charge in [-0.05, 0) is 19.1 Å². The van der Waals surface area contributed by atoms with Gasteiger partial charge in [-0.1, -0.05) is 0 Å². The van der Waals surface area contributed by atoms with Crippen molar-refractivity contribution in [1.29, 1.82) is 0 Å². The van der Waals surface area contributed by atoms with Gasteiger partial charge in [0.05, 0.1) is 6.42 Å². The van der Waals surface area contributed by atoms with Crippen LogP contribution in [-0.4, -0.2) is 40.5 Å². The van der Waals surface area contributed by atoms with Crippen LogP contribution in [0.25, 0.3) is 11.1 Å². The number of carboxylic acids is 1. The van der Waals surface area contributed by atoms with Crippen molar-refractivity contribution in [3.63, 3.8) is 0 Å². The molecule has 2 aromatic rings. The van der Waals surface area contributed by atoms with E-state index in [0.717, 1.165) is 5.69 Å². The second-order valence-corrected chi connectivity index (χ2v) is 4.32. The summed E-state index contributed by atoms with van der Waals surface area (Å²) in [5, 5.41) is 8.59. The van der Waals surface area contributed by atoms with Crippen molar-refractivity contribution in [3.8, 4) is 0 Å². The van der Waals surface area contributed by atoms with Gasteiger partial charge in [0.1, 0.15) is 5.52 Å². The quantitative estimate of drug-likeness (QED) is 0.906. The second-order valence-electron chi connectivity index (χ2n) is 4.32. The highest BCUT2D eigenvalue weighted by atomic mass is 16.4. The average Bonchev–Trinajstić information content (AvgIpc) is 2.77. The van der Waals surface area contributed by atoms with E-state index in [4.69, 9.17) is 9.52 Å². The maximum absolute atomic E-state index is 12.0.